The molecule has 0 spiro atoms. The molecule has 1 heterocycles. The van der Waals surface area contributed by atoms with Gasteiger partial charge in [-0.05, 0) is 30.2 Å². The number of hydrogen-bond acceptors (Lipinski definition) is 4. The lowest BCUT2D eigenvalue weighted by atomic mass is 9.71. The van der Waals surface area contributed by atoms with E-state index >= 15 is 0 Å². The standard InChI is InChI=1S/C17H17N3O3/c21-16(14-9-19-15(10-18-14)17(22)23)20-8-11-6-13(7-11)12-4-2-1-3-5-12/h1-5,9-11,13H,6-8H2,(H,20,21)(H,22,23). The van der Waals surface area contributed by atoms with Gasteiger partial charge < -0.3 is 10.4 Å². The average molecular weight is 311 g/mol. The number of nitrogens with zero attached hydrogens (tertiary/aromatic N) is 2. The van der Waals surface area contributed by atoms with E-state index in [1.165, 1.54) is 11.8 Å². The van der Waals surface area contributed by atoms with Crippen LogP contribution in [0.15, 0.2) is 42.7 Å². The van der Waals surface area contributed by atoms with Gasteiger partial charge in [0.15, 0.2) is 5.69 Å². The molecule has 0 radical (unpaired) electrons. The monoisotopic (exact) mass is 311 g/mol. The zero-order valence-corrected chi connectivity index (χ0v) is 12.5. The minimum atomic E-state index is -1.16. The van der Waals surface area contributed by atoms with Crippen molar-refractivity contribution in [3.8, 4) is 0 Å². The van der Waals surface area contributed by atoms with Crippen molar-refractivity contribution in [1.29, 1.82) is 0 Å². The average Bonchev–Trinajstić information content (AvgIpc) is 2.54. The van der Waals surface area contributed by atoms with E-state index in [1.54, 1.807) is 0 Å². The Hall–Kier alpha value is -2.76. The second-order valence-electron chi connectivity index (χ2n) is 5.75. The lowest BCUT2D eigenvalue weighted by molar-refractivity contribution is 0.0689. The van der Waals surface area contributed by atoms with Gasteiger partial charge >= 0.3 is 5.97 Å². The summed E-state index contributed by atoms with van der Waals surface area (Å²) in [5.41, 5.74) is 1.31. The Labute approximate surface area is 133 Å². The molecule has 23 heavy (non-hydrogen) atoms. The highest BCUT2D eigenvalue weighted by Gasteiger charge is 2.30. The van der Waals surface area contributed by atoms with Crippen LogP contribution in [0.1, 0.15) is 45.3 Å². The highest BCUT2D eigenvalue weighted by molar-refractivity contribution is 5.92. The lowest BCUT2D eigenvalue weighted by Gasteiger charge is -2.35. The number of carboxylic acid groups (broad SMARTS) is 1. The minimum Gasteiger partial charge on any atom is -0.476 e. The number of amides is 1. The number of carboxylic acids is 1. The highest BCUT2D eigenvalue weighted by Crippen LogP contribution is 2.40. The largest absolute Gasteiger partial charge is 0.476 e. The third-order valence-corrected chi connectivity index (χ3v) is 4.16. The molecule has 1 amide bonds. The maximum Gasteiger partial charge on any atom is 0.356 e. The van der Waals surface area contributed by atoms with E-state index in [1.807, 2.05) is 18.2 Å². The Morgan fingerprint density at radius 2 is 1.74 bits per heavy atom. The summed E-state index contributed by atoms with van der Waals surface area (Å²) in [6.07, 6.45) is 4.40. The first-order chi connectivity index (χ1) is 11.1. The molecular formula is C17H17N3O3. The van der Waals surface area contributed by atoms with Gasteiger partial charge in [-0.1, -0.05) is 30.3 Å². The number of rotatable bonds is 5. The van der Waals surface area contributed by atoms with Crippen LogP contribution in [0.3, 0.4) is 0 Å². The number of hydrogen-bond donors (Lipinski definition) is 2. The number of carbonyl (C=O) groups is 2. The fraction of sp³-hybridized carbons (Fsp3) is 0.294. The molecule has 3 rings (SSSR count). The van der Waals surface area contributed by atoms with Crippen molar-refractivity contribution in [3.63, 3.8) is 0 Å². The van der Waals surface area contributed by atoms with Gasteiger partial charge in [-0.25, -0.2) is 14.8 Å². The SMILES string of the molecule is O=C(O)c1cnc(C(=O)NCC2CC(c3ccccc3)C2)cn1. The topological polar surface area (TPSA) is 92.2 Å². The van der Waals surface area contributed by atoms with Crippen LogP contribution in [-0.2, 0) is 0 Å². The summed E-state index contributed by atoms with van der Waals surface area (Å²) in [5.74, 6) is -0.438. The Balaban J connectivity index is 1.46. The maximum atomic E-state index is 12.0. The van der Waals surface area contributed by atoms with Crippen LogP contribution in [0.25, 0.3) is 0 Å². The van der Waals surface area contributed by atoms with Crippen LogP contribution in [0, 0.1) is 5.92 Å². The van der Waals surface area contributed by atoms with Crippen molar-refractivity contribution < 1.29 is 14.7 Å². The van der Waals surface area contributed by atoms with E-state index in [-0.39, 0.29) is 17.3 Å². The first-order valence-electron chi connectivity index (χ1n) is 7.52. The Bertz CT molecular complexity index is 695. The van der Waals surface area contributed by atoms with Crippen LogP contribution in [-0.4, -0.2) is 33.5 Å². The maximum absolute atomic E-state index is 12.0. The molecule has 1 aliphatic rings. The molecule has 1 aromatic heterocycles. The second kappa shape index (κ2) is 6.56. The van der Waals surface area contributed by atoms with Crippen molar-refractivity contribution in [2.45, 2.75) is 18.8 Å². The molecule has 1 aromatic carbocycles. The van der Waals surface area contributed by atoms with Crippen molar-refractivity contribution in [2.75, 3.05) is 6.54 Å². The van der Waals surface area contributed by atoms with Gasteiger partial charge in [0, 0.05) is 6.54 Å². The number of aromatic nitrogens is 2. The Morgan fingerprint density at radius 1 is 1.09 bits per heavy atom. The van der Waals surface area contributed by atoms with Crippen LogP contribution in [0.5, 0.6) is 0 Å². The lowest BCUT2D eigenvalue weighted by Crippen LogP contribution is -2.35. The molecule has 0 bridgehead atoms. The predicted molar refractivity (Wildman–Crippen MR) is 83.2 cm³/mol. The van der Waals surface area contributed by atoms with Gasteiger partial charge in [-0.3, -0.25) is 4.79 Å². The first kappa shape index (κ1) is 15.1. The van der Waals surface area contributed by atoms with Crippen molar-refractivity contribution in [2.24, 2.45) is 5.92 Å². The number of carbonyl (C=O) groups excluding carboxylic acids is 1. The molecule has 2 N–H and O–H groups in total. The highest BCUT2D eigenvalue weighted by atomic mass is 16.4. The zero-order chi connectivity index (χ0) is 16.2. The Morgan fingerprint density at radius 3 is 2.35 bits per heavy atom. The van der Waals surface area contributed by atoms with Crippen LogP contribution < -0.4 is 5.32 Å². The van der Waals surface area contributed by atoms with Gasteiger partial charge in [-0.2, -0.15) is 0 Å². The predicted octanol–water partition coefficient (Wildman–Crippen LogP) is 2.10. The zero-order valence-electron chi connectivity index (χ0n) is 12.5. The summed E-state index contributed by atoms with van der Waals surface area (Å²) in [6.45, 7) is 0.602. The molecule has 1 aliphatic carbocycles. The fourth-order valence-electron chi connectivity index (χ4n) is 2.78. The van der Waals surface area contributed by atoms with Crippen LogP contribution in [0.4, 0.5) is 0 Å². The molecular weight excluding hydrogens is 294 g/mol. The van der Waals surface area contributed by atoms with Gasteiger partial charge in [0.05, 0.1) is 12.4 Å². The molecule has 0 atom stereocenters. The number of benzene rings is 1. The summed E-state index contributed by atoms with van der Waals surface area (Å²) in [5, 5.41) is 11.6. The molecule has 0 aliphatic heterocycles. The van der Waals surface area contributed by atoms with E-state index in [2.05, 4.69) is 27.4 Å². The van der Waals surface area contributed by atoms with E-state index < -0.39 is 5.97 Å². The molecule has 0 unspecified atom stereocenters. The smallest absolute Gasteiger partial charge is 0.356 e. The van der Waals surface area contributed by atoms with E-state index in [0.29, 0.717) is 18.4 Å². The van der Waals surface area contributed by atoms with Crippen LogP contribution >= 0.6 is 0 Å². The van der Waals surface area contributed by atoms with Gasteiger partial charge in [-0.15, -0.1) is 0 Å². The fourth-order valence-corrected chi connectivity index (χ4v) is 2.78. The minimum absolute atomic E-state index is 0.133. The van der Waals surface area contributed by atoms with Gasteiger partial charge in [0.25, 0.3) is 5.91 Å². The molecule has 6 heteroatoms. The summed E-state index contributed by atoms with van der Waals surface area (Å²) in [7, 11) is 0. The van der Waals surface area contributed by atoms with Crippen molar-refractivity contribution >= 4 is 11.9 Å². The Kier molecular flexibility index (Phi) is 4.32. The number of nitrogens with one attached hydrogen (secondary N) is 1. The van der Waals surface area contributed by atoms with Crippen LogP contribution in [0.2, 0.25) is 0 Å². The molecule has 1 fully saturated rings. The van der Waals surface area contributed by atoms with Crippen molar-refractivity contribution in [3.05, 3.63) is 59.7 Å². The first-order valence-corrected chi connectivity index (χ1v) is 7.52. The third-order valence-electron chi connectivity index (χ3n) is 4.16. The number of aromatic carboxylic acids is 1. The summed E-state index contributed by atoms with van der Waals surface area (Å²) in [6, 6.07) is 10.4. The van der Waals surface area contributed by atoms with Crippen molar-refractivity contribution in [1.82, 2.24) is 15.3 Å². The third kappa shape index (κ3) is 3.53. The second-order valence-corrected chi connectivity index (χ2v) is 5.75. The molecule has 0 saturated heterocycles. The summed E-state index contributed by atoms with van der Waals surface area (Å²) < 4.78 is 0. The normalized spacial score (nSPS) is 19.7. The van der Waals surface area contributed by atoms with E-state index in [9.17, 15) is 9.59 Å². The van der Waals surface area contributed by atoms with Gasteiger partial charge in [0.1, 0.15) is 5.69 Å². The molecule has 118 valence electrons. The van der Waals surface area contributed by atoms with Gasteiger partial charge in [0.2, 0.25) is 0 Å². The molecule has 6 nitrogen and oxygen atoms in total. The van der Waals surface area contributed by atoms with E-state index in [4.69, 9.17) is 5.11 Å². The summed E-state index contributed by atoms with van der Waals surface area (Å²) in [4.78, 5) is 30.2. The van der Waals surface area contributed by atoms with E-state index in [0.717, 1.165) is 19.0 Å². The molecule has 1 saturated carbocycles. The quantitative estimate of drug-likeness (QED) is 0.882. The summed E-state index contributed by atoms with van der Waals surface area (Å²) >= 11 is 0. The molecule has 2 aromatic rings.